The second kappa shape index (κ2) is 15.8. The van der Waals surface area contributed by atoms with Crippen molar-refractivity contribution < 1.29 is 0 Å². The van der Waals surface area contributed by atoms with Gasteiger partial charge in [-0.05, 0) is 77.0 Å². The highest BCUT2D eigenvalue weighted by Gasteiger charge is 2.33. The molecule has 216 valence electrons. The van der Waals surface area contributed by atoms with Crippen molar-refractivity contribution in [3.8, 4) is 0 Å². The molecule has 0 aromatic rings. The van der Waals surface area contributed by atoms with Gasteiger partial charge >= 0.3 is 0 Å². The SMILES string of the molecule is C=C1CCCC(C)(C)C1/C=C/C(C)=C/C=C/C(C)=C/C=C/C=C(C)/C=C/C=C(C)/C=C/C1C(=C)CCCC1(C)C. The van der Waals surface area contributed by atoms with Gasteiger partial charge in [-0.25, -0.2) is 0 Å². The van der Waals surface area contributed by atoms with Gasteiger partial charge in [-0.3, -0.25) is 0 Å². The van der Waals surface area contributed by atoms with Crippen LogP contribution in [0.2, 0.25) is 0 Å². The molecule has 0 heterocycles. The minimum atomic E-state index is 0.311. The molecule has 2 aliphatic rings. The second-order valence-corrected chi connectivity index (χ2v) is 13.4. The number of hydrogen-bond acceptors (Lipinski definition) is 0. The fourth-order valence-corrected chi connectivity index (χ4v) is 5.90. The Labute approximate surface area is 247 Å². The van der Waals surface area contributed by atoms with Crippen LogP contribution in [-0.2, 0) is 0 Å². The molecule has 0 spiro atoms. The predicted octanol–water partition coefficient (Wildman–Crippen LogP) is 12.3. The van der Waals surface area contributed by atoms with Crippen LogP contribution in [0.4, 0.5) is 0 Å². The maximum Gasteiger partial charge on any atom is 0.00285 e. The smallest absolute Gasteiger partial charge is 0.00285 e. The van der Waals surface area contributed by atoms with E-state index in [0.29, 0.717) is 22.7 Å². The summed E-state index contributed by atoms with van der Waals surface area (Å²) in [5.74, 6) is 0.951. The van der Waals surface area contributed by atoms with E-state index in [4.69, 9.17) is 0 Å². The molecule has 0 saturated heterocycles. The monoisotopic (exact) mass is 536 g/mol. The second-order valence-electron chi connectivity index (χ2n) is 13.4. The molecular formula is C40H56. The summed E-state index contributed by atoms with van der Waals surface area (Å²) in [6.07, 6.45) is 38.1. The van der Waals surface area contributed by atoms with Crippen molar-refractivity contribution in [1.29, 1.82) is 0 Å². The fourth-order valence-electron chi connectivity index (χ4n) is 5.90. The van der Waals surface area contributed by atoms with Crippen molar-refractivity contribution in [1.82, 2.24) is 0 Å². The Hall–Kier alpha value is -2.86. The maximum atomic E-state index is 4.34. The van der Waals surface area contributed by atoms with E-state index in [9.17, 15) is 0 Å². The Kier molecular flexibility index (Phi) is 13.2. The van der Waals surface area contributed by atoms with E-state index in [1.165, 1.54) is 59.1 Å². The molecule has 40 heavy (non-hydrogen) atoms. The van der Waals surface area contributed by atoms with E-state index in [-0.39, 0.29) is 0 Å². The van der Waals surface area contributed by atoms with Crippen LogP contribution in [-0.4, -0.2) is 0 Å². The van der Waals surface area contributed by atoms with Crippen LogP contribution in [0.3, 0.4) is 0 Å². The highest BCUT2D eigenvalue weighted by molar-refractivity contribution is 5.33. The topological polar surface area (TPSA) is 0 Å². The average Bonchev–Trinajstić information content (AvgIpc) is 2.85. The quantitative estimate of drug-likeness (QED) is 0.192. The zero-order valence-corrected chi connectivity index (χ0v) is 26.9. The van der Waals surface area contributed by atoms with Crippen LogP contribution in [0.25, 0.3) is 0 Å². The van der Waals surface area contributed by atoms with Gasteiger partial charge < -0.3 is 0 Å². The molecule has 0 bridgehead atoms. The average molecular weight is 537 g/mol. The van der Waals surface area contributed by atoms with E-state index in [1.807, 2.05) is 0 Å². The lowest BCUT2D eigenvalue weighted by Gasteiger charge is -2.38. The zero-order valence-electron chi connectivity index (χ0n) is 26.9. The zero-order chi connectivity index (χ0) is 29.8. The minimum absolute atomic E-state index is 0.311. The van der Waals surface area contributed by atoms with Crippen molar-refractivity contribution in [2.75, 3.05) is 0 Å². The molecule has 0 nitrogen and oxygen atoms in total. The van der Waals surface area contributed by atoms with Crippen molar-refractivity contribution in [3.63, 3.8) is 0 Å². The molecule has 0 aliphatic heterocycles. The third kappa shape index (κ3) is 11.3. The van der Waals surface area contributed by atoms with E-state index in [1.54, 1.807) is 0 Å². The summed E-state index contributed by atoms with van der Waals surface area (Å²) in [4.78, 5) is 0. The lowest BCUT2D eigenvalue weighted by molar-refractivity contribution is 0.228. The van der Waals surface area contributed by atoms with Gasteiger partial charge in [0.25, 0.3) is 0 Å². The number of rotatable bonds is 10. The van der Waals surface area contributed by atoms with E-state index < -0.39 is 0 Å². The molecule has 2 saturated carbocycles. The van der Waals surface area contributed by atoms with Crippen LogP contribution in [0, 0.1) is 22.7 Å². The van der Waals surface area contributed by atoms with Crippen LogP contribution in [0.5, 0.6) is 0 Å². The molecule has 0 aromatic carbocycles. The predicted molar refractivity (Wildman–Crippen MR) is 181 cm³/mol. The minimum Gasteiger partial charge on any atom is -0.0992 e. The third-order valence-corrected chi connectivity index (χ3v) is 8.57. The molecule has 2 rings (SSSR count). The summed E-state index contributed by atoms with van der Waals surface area (Å²) in [5, 5.41) is 0. The fraction of sp³-hybridized carbons (Fsp3) is 0.450. The summed E-state index contributed by atoms with van der Waals surface area (Å²) in [7, 11) is 0. The largest absolute Gasteiger partial charge is 0.0992 e. The first-order valence-corrected chi connectivity index (χ1v) is 15.3. The summed E-state index contributed by atoms with van der Waals surface area (Å²) >= 11 is 0. The molecule has 2 aliphatic carbocycles. The summed E-state index contributed by atoms with van der Waals surface area (Å²) in [5.41, 5.74) is 8.36. The first kappa shape index (κ1) is 33.3. The first-order chi connectivity index (χ1) is 18.8. The Morgan fingerprint density at radius 3 is 1.23 bits per heavy atom. The van der Waals surface area contributed by atoms with Gasteiger partial charge in [0.05, 0.1) is 0 Å². The summed E-state index contributed by atoms with van der Waals surface area (Å²) in [6.45, 7) is 26.8. The molecular weight excluding hydrogens is 480 g/mol. The van der Waals surface area contributed by atoms with Crippen LogP contribution in [0.15, 0.2) is 132 Å². The highest BCUT2D eigenvalue weighted by atomic mass is 14.4. The Morgan fingerprint density at radius 1 is 0.550 bits per heavy atom. The molecule has 0 aromatic heterocycles. The number of allylic oxidation sites excluding steroid dienone is 20. The van der Waals surface area contributed by atoms with Gasteiger partial charge in [-0.2, -0.15) is 0 Å². The molecule has 2 unspecified atom stereocenters. The molecule has 2 atom stereocenters. The first-order valence-electron chi connectivity index (χ1n) is 15.3. The van der Waals surface area contributed by atoms with Gasteiger partial charge in [0.2, 0.25) is 0 Å². The standard InChI is InChI=1S/C40H56/c1-31(19-13-21-33(3)25-27-37-35(5)23-15-29-39(37,7)8)17-11-12-18-32(2)20-14-22-34(4)26-28-38-36(6)24-16-30-40(38,9)10/h11-14,17-22,25-28,37-38H,5-6,15-16,23-24,29-30H2,1-4,7-10H3/b12-11+,19-13+,20-14+,27-25+,28-26+,31-17+,32-18+,33-21+,34-22+. The van der Waals surface area contributed by atoms with Crippen molar-refractivity contribution in [2.45, 2.75) is 93.9 Å². The Morgan fingerprint density at radius 2 is 0.875 bits per heavy atom. The van der Waals surface area contributed by atoms with Crippen LogP contribution < -0.4 is 0 Å². The lowest BCUT2D eigenvalue weighted by Crippen LogP contribution is -2.27. The van der Waals surface area contributed by atoms with Gasteiger partial charge in [0.1, 0.15) is 0 Å². The van der Waals surface area contributed by atoms with Gasteiger partial charge in [-0.15, -0.1) is 0 Å². The van der Waals surface area contributed by atoms with Crippen molar-refractivity contribution in [2.24, 2.45) is 22.7 Å². The van der Waals surface area contributed by atoms with Gasteiger partial charge in [-0.1, -0.05) is 159 Å². The normalized spacial score (nSPS) is 25.5. The van der Waals surface area contributed by atoms with Gasteiger partial charge in [0, 0.05) is 11.8 Å². The molecule has 0 radical (unpaired) electrons. The third-order valence-electron chi connectivity index (χ3n) is 8.57. The molecule has 0 amide bonds. The van der Waals surface area contributed by atoms with Crippen molar-refractivity contribution >= 4 is 0 Å². The lowest BCUT2D eigenvalue weighted by atomic mass is 9.66. The summed E-state index contributed by atoms with van der Waals surface area (Å²) < 4.78 is 0. The molecule has 0 heteroatoms. The maximum absolute atomic E-state index is 4.34. The Bertz CT molecular complexity index is 1060. The van der Waals surface area contributed by atoms with Crippen LogP contribution >= 0.6 is 0 Å². The van der Waals surface area contributed by atoms with E-state index in [2.05, 4.69) is 154 Å². The Balaban J connectivity index is 1.86. The van der Waals surface area contributed by atoms with Crippen LogP contribution in [0.1, 0.15) is 93.9 Å². The summed E-state index contributed by atoms with van der Waals surface area (Å²) in [6, 6.07) is 0. The highest BCUT2D eigenvalue weighted by Crippen LogP contribution is 2.44. The van der Waals surface area contributed by atoms with Gasteiger partial charge in [0.15, 0.2) is 0 Å². The molecule has 2 fully saturated rings. The number of hydrogen-bond donors (Lipinski definition) is 0. The van der Waals surface area contributed by atoms with E-state index in [0.717, 1.165) is 12.8 Å². The molecule has 0 N–H and O–H groups in total. The van der Waals surface area contributed by atoms with E-state index >= 15 is 0 Å². The van der Waals surface area contributed by atoms with Crippen molar-refractivity contribution in [3.05, 3.63) is 132 Å².